The molecule has 5 heteroatoms. The minimum atomic E-state index is -3.78. The van der Waals surface area contributed by atoms with E-state index in [2.05, 4.69) is 0 Å². The summed E-state index contributed by atoms with van der Waals surface area (Å²) in [5.41, 5.74) is 5.37. The van der Waals surface area contributed by atoms with Crippen LogP contribution in [0.25, 0.3) is 0 Å². The first-order chi connectivity index (χ1) is 4.42. The number of hydrogen-bond acceptors (Lipinski definition) is 2. The van der Waals surface area contributed by atoms with Crippen molar-refractivity contribution in [3.8, 4) is 0 Å². The van der Waals surface area contributed by atoms with Gasteiger partial charge in [-0.25, -0.2) is 0 Å². The maximum Gasteiger partial charge on any atom is 0.325 e. The summed E-state index contributed by atoms with van der Waals surface area (Å²) < 4.78 is 10.3. The minimum absolute atomic E-state index is 0.0338. The third-order valence-corrected chi connectivity index (χ3v) is 2.01. The van der Waals surface area contributed by atoms with Crippen LogP contribution in [0, 0.1) is 0 Å². The summed E-state index contributed by atoms with van der Waals surface area (Å²) in [7, 11) is -3.78. The van der Waals surface area contributed by atoms with Gasteiger partial charge in [0.1, 0.15) is 0 Å². The molecule has 10 heavy (non-hydrogen) atoms. The molecule has 62 valence electrons. The third kappa shape index (κ3) is 8.11. The lowest BCUT2D eigenvalue weighted by Gasteiger charge is -2.05. The second-order valence-corrected chi connectivity index (χ2v) is 4.28. The molecule has 0 saturated heterocycles. The molecular formula is C5H14NO3P. The number of rotatable bonds is 4. The second kappa shape index (κ2) is 4.09. The molecule has 0 aromatic rings. The molecular weight excluding hydrogens is 153 g/mol. The SMILES string of the molecule is C[C@@H](N)CCCP(=O)(O)O. The maximum absolute atomic E-state index is 10.3. The predicted molar refractivity (Wildman–Crippen MR) is 39.8 cm³/mol. The fourth-order valence-electron chi connectivity index (χ4n) is 0.619. The molecule has 0 aromatic heterocycles. The van der Waals surface area contributed by atoms with Crippen molar-refractivity contribution >= 4 is 7.60 Å². The highest BCUT2D eigenvalue weighted by molar-refractivity contribution is 7.51. The molecule has 0 rings (SSSR count). The van der Waals surface area contributed by atoms with Crippen LogP contribution in [0.4, 0.5) is 0 Å². The molecule has 0 amide bonds. The Kier molecular flexibility index (Phi) is 4.13. The molecule has 0 unspecified atom stereocenters. The van der Waals surface area contributed by atoms with Gasteiger partial charge >= 0.3 is 7.60 Å². The van der Waals surface area contributed by atoms with Gasteiger partial charge in [0.2, 0.25) is 0 Å². The highest BCUT2D eigenvalue weighted by atomic mass is 31.2. The summed E-state index contributed by atoms with van der Waals surface area (Å²) in [4.78, 5) is 16.8. The van der Waals surface area contributed by atoms with Crippen LogP contribution in [0.15, 0.2) is 0 Å². The lowest BCUT2D eigenvalue weighted by atomic mass is 10.2. The van der Waals surface area contributed by atoms with E-state index < -0.39 is 7.60 Å². The van der Waals surface area contributed by atoms with Crippen molar-refractivity contribution in [2.45, 2.75) is 25.8 Å². The molecule has 0 heterocycles. The number of nitrogens with two attached hydrogens (primary N) is 1. The van der Waals surface area contributed by atoms with Crippen LogP contribution in [0.2, 0.25) is 0 Å². The van der Waals surface area contributed by atoms with Crippen molar-refractivity contribution in [3.63, 3.8) is 0 Å². The normalized spacial score (nSPS) is 15.2. The molecule has 0 aliphatic heterocycles. The lowest BCUT2D eigenvalue weighted by Crippen LogP contribution is -2.14. The first-order valence-electron chi connectivity index (χ1n) is 3.22. The van der Waals surface area contributed by atoms with E-state index in [0.29, 0.717) is 12.8 Å². The van der Waals surface area contributed by atoms with Crippen LogP contribution in [0.1, 0.15) is 19.8 Å². The van der Waals surface area contributed by atoms with E-state index >= 15 is 0 Å². The summed E-state index contributed by atoms with van der Waals surface area (Å²) in [5, 5.41) is 0. The molecule has 0 bridgehead atoms. The zero-order valence-corrected chi connectivity index (χ0v) is 6.92. The van der Waals surface area contributed by atoms with Gasteiger partial charge in [-0.3, -0.25) is 4.57 Å². The van der Waals surface area contributed by atoms with E-state index in [-0.39, 0.29) is 12.2 Å². The van der Waals surface area contributed by atoms with Crippen LogP contribution in [0.3, 0.4) is 0 Å². The first kappa shape index (κ1) is 10.1. The van der Waals surface area contributed by atoms with Gasteiger partial charge in [0.15, 0.2) is 0 Å². The topological polar surface area (TPSA) is 83.6 Å². The molecule has 0 saturated carbocycles. The van der Waals surface area contributed by atoms with Crippen molar-refractivity contribution < 1.29 is 14.4 Å². The van der Waals surface area contributed by atoms with E-state index in [1.165, 1.54) is 0 Å². The maximum atomic E-state index is 10.3. The molecule has 0 aliphatic rings. The van der Waals surface area contributed by atoms with Gasteiger partial charge in [-0.15, -0.1) is 0 Å². The van der Waals surface area contributed by atoms with Crippen LogP contribution < -0.4 is 5.73 Å². The van der Waals surface area contributed by atoms with Crippen LogP contribution >= 0.6 is 7.60 Å². The minimum Gasteiger partial charge on any atom is -0.328 e. The zero-order chi connectivity index (χ0) is 8.20. The Balaban J connectivity index is 3.30. The second-order valence-electron chi connectivity index (χ2n) is 2.51. The highest BCUT2D eigenvalue weighted by Gasteiger charge is 2.11. The van der Waals surface area contributed by atoms with Gasteiger partial charge in [-0.05, 0) is 19.8 Å². The van der Waals surface area contributed by atoms with E-state index in [9.17, 15) is 4.57 Å². The van der Waals surface area contributed by atoms with Crippen molar-refractivity contribution in [2.24, 2.45) is 5.73 Å². The van der Waals surface area contributed by atoms with Crippen LogP contribution in [-0.2, 0) is 4.57 Å². The fraction of sp³-hybridized carbons (Fsp3) is 1.00. The Labute approximate surface area is 60.6 Å². The monoisotopic (exact) mass is 167 g/mol. The molecule has 0 spiro atoms. The van der Waals surface area contributed by atoms with Gasteiger partial charge in [0, 0.05) is 12.2 Å². The van der Waals surface area contributed by atoms with E-state index in [1.807, 2.05) is 6.92 Å². The lowest BCUT2D eigenvalue weighted by molar-refractivity contribution is 0.370. The standard InChI is InChI=1S/C5H14NO3P/c1-5(6)3-2-4-10(7,8)9/h5H,2-4,6H2,1H3,(H2,7,8,9)/t5-/m1/s1. The third-order valence-electron chi connectivity index (χ3n) is 1.11. The summed E-state index contributed by atoms with van der Waals surface area (Å²) in [6.45, 7) is 1.82. The van der Waals surface area contributed by atoms with Crippen molar-refractivity contribution in [1.82, 2.24) is 0 Å². The molecule has 4 N–H and O–H groups in total. The highest BCUT2D eigenvalue weighted by Crippen LogP contribution is 2.35. The molecule has 1 atom stereocenters. The van der Waals surface area contributed by atoms with Gasteiger partial charge in [-0.2, -0.15) is 0 Å². The zero-order valence-electron chi connectivity index (χ0n) is 6.03. The number of hydrogen-bond donors (Lipinski definition) is 3. The van der Waals surface area contributed by atoms with Crippen molar-refractivity contribution in [1.29, 1.82) is 0 Å². The Bertz CT molecular complexity index is 131. The Hall–Kier alpha value is 0.110. The summed E-state index contributed by atoms with van der Waals surface area (Å²) in [6.07, 6.45) is 1.13. The van der Waals surface area contributed by atoms with Gasteiger partial charge < -0.3 is 15.5 Å². The van der Waals surface area contributed by atoms with Crippen LogP contribution in [-0.4, -0.2) is 22.0 Å². The summed E-state index contributed by atoms with van der Waals surface area (Å²) in [6, 6.07) is 0.0338. The van der Waals surface area contributed by atoms with Gasteiger partial charge in [0.05, 0.1) is 0 Å². The molecule has 0 radical (unpaired) electrons. The average molecular weight is 167 g/mol. The molecule has 4 nitrogen and oxygen atoms in total. The van der Waals surface area contributed by atoms with Crippen molar-refractivity contribution in [3.05, 3.63) is 0 Å². The van der Waals surface area contributed by atoms with Gasteiger partial charge in [0.25, 0.3) is 0 Å². The quantitative estimate of drug-likeness (QED) is 0.525. The Morgan fingerprint density at radius 1 is 1.60 bits per heavy atom. The molecule has 0 aromatic carbocycles. The summed E-state index contributed by atoms with van der Waals surface area (Å²) >= 11 is 0. The fourth-order valence-corrected chi connectivity index (χ4v) is 1.21. The van der Waals surface area contributed by atoms with Gasteiger partial charge in [-0.1, -0.05) is 0 Å². The molecule has 0 fully saturated rings. The van der Waals surface area contributed by atoms with E-state index in [0.717, 1.165) is 0 Å². The van der Waals surface area contributed by atoms with E-state index in [1.54, 1.807) is 0 Å². The predicted octanol–water partition coefficient (Wildman–Crippen LogP) is 0.292. The molecule has 0 aliphatic carbocycles. The largest absolute Gasteiger partial charge is 0.328 e. The Morgan fingerprint density at radius 2 is 2.10 bits per heavy atom. The van der Waals surface area contributed by atoms with Crippen molar-refractivity contribution in [2.75, 3.05) is 6.16 Å². The smallest absolute Gasteiger partial charge is 0.325 e. The summed E-state index contributed by atoms with van der Waals surface area (Å²) in [5.74, 6) is 0. The van der Waals surface area contributed by atoms with Crippen LogP contribution in [0.5, 0.6) is 0 Å². The first-order valence-corrected chi connectivity index (χ1v) is 5.02. The average Bonchev–Trinajstić information content (AvgIpc) is 1.59. The van der Waals surface area contributed by atoms with E-state index in [4.69, 9.17) is 15.5 Å². The Morgan fingerprint density at radius 3 is 2.40 bits per heavy atom.